The highest BCUT2D eigenvalue weighted by molar-refractivity contribution is 5.17. The van der Waals surface area contributed by atoms with Crippen LogP contribution in [0, 0.1) is 10.8 Å². The Hall–Kier alpha value is -0.120. The van der Waals surface area contributed by atoms with Crippen molar-refractivity contribution >= 4 is 0 Å². The van der Waals surface area contributed by atoms with Crippen LogP contribution >= 0.6 is 0 Å². The summed E-state index contributed by atoms with van der Waals surface area (Å²) >= 11 is 0. The van der Waals surface area contributed by atoms with E-state index >= 15 is 0 Å². The van der Waals surface area contributed by atoms with E-state index in [1.54, 1.807) is 0 Å². The molecule has 2 rings (SSSR count). The molecule has 3 heteroatoms. The molecule has 0 spiro atoms. The number of hydrogen-bond donors (Lipinski definition) is 2. The van der Waals surface area contributed by atoms with Gasteiger partial charge in [-0.15, -0.1) is 0 Å². The third-order valence-electron chi connectivity index (χ3n) is 4.59. The maximum absolute atomic E-state index is 5.44. The average Bonchev–Trinajstić information content (AvgIpc) is 2.57. The molecule has 1 unspecified atom stereocenters. The zero-order valence-electron chi connectivity index (χ0n) is 10.4. The van der Waals surface area contributed by atoms with Gasteiger partial charge in [0.1, 0.15) is 0 Å². The minimum Gasteiger partial charge on any atom is -0.378 e. The molecule has 0 aromatic heterocycles. The molecule has 2 aliphatic rings. The SMILES string of the molecule is CC1(C)C(NCC2COCCN2)C1(C)C. The van der Waals surface area contributed by atoms with Crippen LogP contribution in [0.1, 0.15) is 27.7 Å². The van der Waals surface area contributed by atoms with Crippen molar-refractivity contribution in [3.8, 4) is 0 Å². The summed E-state index contributed by atoms with van der Waals surface area (Å²) in [5, 5.41) is 7.13. The van der Waals surface area contributed by atoms with Crippen LogP contribution in [-0.4, -0.2) is 38.4 Å². The molecule has 1 heterocycles. The molecule has 15 heavy (non-hydrogen) atoms. The third-order valence-corrected chi connectivity index (χ3v) is 4.59. The van der Waals surface area contributed by atoms with Crippen LogP contribution in [0.2, 0.25) is 0 Å². The Bertz CT molecular complexity index is 218. The van der Waals surface area contributed by atoms with Gasteiger partial charge in [-0.1, -0.05) is 27.7 Å². The van der Waals surface area contributed by atoms with E-state index in [4.69, 9.17) is 4.74 Å². The standard InChI is InChI=1S/C12H24N2O/c1-11(2)10(12(11,3)4)14-7-9-8-15-6-5-13-9/h9-10,13-14H,5-8H2,1-4H3. The summed E-state index contributed by atoms with van der Waals surface area (Å²) in [6, 6.07) is 1.14. The quantitative estimate of drug-likeness (QED) is 0.732. The van der Waals surface area contributed by atoms with Crippen LogP contribution in [0.25, 0.3) is 0 Å². The zero-order valence-corrected chi connectivity index (χ0v) is 10.4. The average molecular weight is 212 g/mol. The highest BCUT2D eigenvalue weighted by Crippen LogP contribution is 2.62. The molecular formula is C12H24N2O. The molecule has 2 N–H and O–H groups in total. The summed E-state index contributed by atoms with van der Waals surface area (Å²) in [5.74, 6) is 0. The van der Waals surface area contributed by atoms with Crippen LogP contribution in [0.4, 0.5) is 0 Å². The summed E-state index contributed by atoms with van der Waals surface area (Å²) in [4.78, 5) is 0. The number of hydrogen-bond acceptors (Lipinski definition) is 3. The monoisotopic (exact) mass is 212 g/mol. The first kappa shape index (κ1) is 11.4. The Kier molecular flexibility index (Phi) is 2.82. The van der Waals surface area contributed by atoms with E-state index in [2.05, 4.69) is 38.3 Å². The number of morpholine rings is 1. The Balaban J connectivity index is 1.75. The van der Waals surface area contributed by atoms with E-state index in [1.807, 2.05) is 0 Å². The first-order chi connectivity index (χ1) is 6.96. The normalized spacial score (nSPS) is 34.0. The predicted octanol–water partition coefficient (Wildman–Crippen LogP) is 0.999. The van der Waals surface area contributed by atoms with Crippen LogP contribution in [0.15, 0.2) is 0 Å². The van der Waals surface area contributed by atoms with Crippen molar-refractivity contribution in [3.63, 3.8) is 0 Å². The van der Waals surface area contributed by atoms with Gasteiger partial charge in [-0.2, -0.15) is 0 Å². The van der Waals surface area contributed by atoms with Gasteiger partial charge in [0.2, 0.25) is 0 Å². The molecule has 88 valence electrons. The molecule has 0 radical (unpaired) electrons. The second kappa shape index (κ2) is 3.72. The van der Waals surface area contributed by atoms with E-state index in [0.717, 1.165) is 26.3 Å². The van der Waals surface area contributed by atoms with Gasteiger partial charge >= 0.3 is 0 Å². The van der Waals surface area contributed by atoms with Crippen molar-refractivity contribution in [3.05, 3.63) is 0 Å². The maximum Gasteiger partial charge on any atom is 0.0632 e. The van der Waals surface area contributed by atoms with Crippen molar-refractivity contribution in [1.29, 1.82) is 0 Å². The number of rotatable bonds is 3. The van der Waals surface area contributed by atoms with Crippen molar-refractivity contribution in [1.82, 2.24) is 10.6 Å². The lowest BCUT2D eigenvalue weighted by Crippen LogP contribution is -2.48. The lowest BCUT2D eigenvalue weighted by molar-refractivity contribution is 0.0762. The van der Waals surface area contributed by atoms with Gasteiger partial charge in [0.05, 0.1) is 13.2 Å². The molecule has 0 aromatic carbocycles. The topological polar surface area (TPSA) is 33.3 Å². The lowest BCUT2D eigenvalue weighted by Gasteiger charge is -2.24. The second-order valence-electron chi connectivity index (χ2n) is 6.01. The maximum atomic E-state index is 5.44. The third kappa shape index (κ3) is 1.93. The molecule has 1 atom stereocenters. The van der Waals surface area contributed by atoms with Gasteiger partial charge in [0, 0.05) is 25.2 Å². The van der Waals surface area contributed by atoms with Crippen molar-refractivity contribution in [2.45, 2.75) is 39.8 Å². The Morgan fingerprint density at radius 2 is 1.93 bits per heavy atom. The van der Waals surface area contributed by atoms with Crippen molar-refractivity contribution in [2.75, 3.05) is 26.3 Å². The Morgan fingerprint density at radius 1 is 1.27 bits per heavy atom. The molecule has 0 aromatic rings. The summed E-state index contributed by atoms with van der Waals surface area (Å²) < 4.78 is 5.44. The largest absolute Gasteiger partial charge is 0.378 e. The molecule has 0 amide bonds. The molecule has 1 aliphatic heterocycles. The number of ether oxygens (including phenoxy) is 1. The zero-order chi connectivity index (χ0) is 11.1. The van der Waals surface area contributed by atoms with Gasteiger partial charge < -0.3 is 15.4 Å². The molecule has 2 fully saturated rings. The molecule has 1 saturated carbocycles. The van der Waals surface area contributed by atoms with Crippen LogP contribution in [-0.2, 0) is 4.74 Å². The van der Waals surface area contributed by atoms with Gasteiger partial charge in [-0.25, -0.2) is 0 Å². The summed E-state index contributed by atoms with van der Waals surface area (Å²) in [6.45, 7) is 13.1. The van der Waals surface area contributed by atoms with Gasteiger partial charge in [0.25, 0.3) is 0 Å². The van der Waals surface area contributed by atoms with Gasteiger partial charge in [-0.3, -0.25) is 0 Å². The fourth-order valence-electron chi connectivity index (χ4n) is 2.72. The smallest absolute Gasteiger partial charge is 0.0632 e. The molecule has 1 aliphatic carbocycles. The van der Waals surface area contributed by atoms with Gasteiger partial charge in [-0.05, 0) is 10.8 Å². The Morgan fingerprint density at radius 3 is 2.40 bits per heavy atom. The molecule has 3 nitrogen and oxygen atoms in total. The van der Waals surface area contributed by atoms with Crippen molar-refractivity contribution in [2.24, 2.45) is 10.8 Å². The summed E-state index contributed by atoms with van der Waals surface area (Å²) in [7, 11) is 0. The van der Waals surface area contributed by atoms with Crippen LogP contribution in [0.3, 0.4) is 0 Å². The highest BCUT2D eigenvalue weighted by Gasteiger charge is 2.64. The van der Waals surface area contributed by atoms with E-state index < -0.39 is 0 Å². The van der Waals surface area contributed by atoms with E-state index in [0.29, 0.717) is 22.9 Å². The first-order valence-electron chi connectivity index (χ1n) is 6.01. The summed E-state index contributed by atoms with van der Waals surface area (Å²) in [6.07, 6.45) is 0. The van der Waals surface area contributed by atoms with E-state index in [1.165, 1.54) is 0 Å². The van der Waals surface area contributed by atoms with E-state index in [-0.39, 0.29) is 0 Å². The fraction of sp³-hybridized carbons (Fsp3) is 1.00. The van der Waals surface area contributed by atoms with Gasteiger partial charge in [0.15, 0.2) is 0 Å². The molecule has 0 bridgehead atoms. The van der Waals surface area contributed by atoms with E-state index in [9.17, 15) is 0 Å². The minimum absolute atomic E-state index is 0.433. The second-order valence-corrected chi connectivity index (χ2v) is 6.01. The van der Waals surface area contributed by atoms with Crippen molar-refractivity contribution < 1.29 is 4.74 Å². The van der Waals surface area contributed by atoms with Crippen LogP contribution < -0.4 is 10.6 Å². The molecule has 1 saturated heterocycles. The molecular weight excluding hydrogens is 188 g/mol. The number of nitrogens with one attached hydrogen (secondary N) is 2. The Labute approximate surface area is 93.0 Å². The fourth-order valence-corrected chi connectivity index (χ4v) is 2.72. The van der Waals surface area contributed by atoms with Crippen LogP contribution in [0.5, 0.6) is 0 Å². The predicted molar refractivity (Wildman–Crippen MR) is 62.0 cm³/mol. The highest BCUT2D eigenvalue weighted by atomic mass is 16.5. The lowest BCUT2D eigenvalue weighted by atomic mass is 10.0. The first-order valence-corrected chi connectivity index (χ1v) is 6.01. The summed E-state index contributed by atoms with van der Waals surface area (Å²) in [5.41, 5.74) is 0.866. The minimum atomic E-state index is 0.433.